The fourth-order valence-electron chi connectivity index (χ4n) is 1.02. The smallest absolute Gasteiger partial charge is 0.335 e. The van der Waals surface area contributed by atoms with Crippen LogP contribution in [0.4, 0.5) is 4.39 Å². The van der Waals surface area contributed by atoms with Gasteiger partial charge in [-0.25, -0.2) is 9.18 Å². The predicted octanol–water partition coefficient (Wildman–Crippen LogP) is 1.09. The van der Waals surface area contributed by atoms with E-state index in [-0.39, 0.29) is 5.56 Å². The summed E-state index contributed by atoms with van der Waals surface area (Å²) in [5, 5.41) is 11.5. The molecule has 0 saturated carbocycles. The second-order valence-electron chi connectivity index (χ2n) is 2.87. The minimum absolute atomic E-state index is 0.0937. The molecule has 0 aliphatic rings. The Morgan fingerprint density at radius 1 is 1.53 bits per heavy atom. The highest BCUT2D eigenvalue weighted by molar-refractivity contribution is 5.88. The van der Waals surface area contributed by atoms with Gasteiger partial charge in [-0.05, 0) is 25.2 Å². The van der Waals surface area contributed by atoms with Gasteiger partial charge in [0.15, 0.2) is 0 Å². The number of rotatable bonds is 2. The molecule has 0 unspecified atom stereocenters. The van der Waals surface area contributed by atoms with E-state index in [1.54, 1.807) is 7.05 Å². The zero-order valence-electron chi connectivity index (χ0n) is 8.17. The zero-order valence-corrected chi connectivity index (χ0v) is 8.17. The van der Waals surface area contributed by atoms with Crippen molar-refractivity contribution in [3.8, 4) is 11.8 Å². The molecule has 78 valence electrons. The van der Waals surface area contributed by atoms with Crippen molar-refractivity contribution in [1.29, 1.82) is 0 Å². The van der Waals surface area contributed by atoms with Gasteiger partial charge in [-0.2, -0.15) is 0 Å². The lowest BCUT2D eigenvalue weighted by molar-refractivity contribution is 0.0696. The Hall–Kier alpha value is -1.86. The number of benzene rings is 1. The van der Waals surface area contributed by atoms with Gasteiger partial charge in [0, 0.05) is 5.56 Å². The molecular weight excluding hydrogens is 197 g/mol. The average molecular weight is 207 g/mol. The number of aromatic carboxylic acids is 1. The summed E-state index contributed by atoms with van der Waals surface area (Å²) in [5.74, 6) is 3.64. The van der Waals surface area contributed by atoms with Crippen LogP contribution >= 0.6 is 0 Å². The van der Waals surface area contributed by atoms with Gasteiger partial charge < -0.3 is 10.4 Å². The molecule has 2 N–H and O–H groups in total. The number of hydrogen-bond acceptors (Lipinski definition) is 2. The largest absolute Gasteiger partial charge is 0.478 e. The Balaban J connectivity index is 3.00. The molecule has 1 aromatic rings. The van der Waals surface area contributed by atoms with E-state index in [9.17, 15) is 9.18 Å². The molecule has 0 heterocycles. The van der Waals surface area contributed by atoms with Gasteiger partial charge in [0.2, 0.25) is 0 Å². The lowest BCUT2D eigenvalue weighted by Gasteiger charge is -1.96. The molecule has 1 aromatic carbocycles. The molecular formula is C11H10FNO2. The van der Waals surface area contributed by atoms with Gasteiger partial charge in [0.1, 0.15) is 5.82 Å². The lowest BCUT2D eigenvalue weighted by Crippen LogP contribution is -2.04. The van der Waals surface area contributed by atoms with Crippen LogP contribution in [0.25, 0.3) is 0 Å². The van der Waals surface area contributed by atoms with Crippen molar-refractivity contribution >= 4 is 5.97 Å². The molecule has 1 rings (SSSR count). The van der Waals surface area contributed by atoms with Crippen molar-refractivity contribution in [2.45, 2.75) is 0 Å². The molecule has 4 heteroatoms. The van der Waals surface area contributed by atoms with Crippen molar-refractivity contribution < 1.29 is 14.3 Å². The Bertz CT molecular complexity index is 432. The third-order valence-corrected chi connectivity index (χ3v) is 1.64. The normalized spacial score (nSPS) is 9.20. The van der Waals surface area contributed by atoms with Crippen LogP contribution in [0, 0.1) is 17.7 Å². The van der Waals surface area contributed by atoms with Crippen LogP contribution in [0.1, 0.15) is 15.9 Å². The average Bonchev–Trinajstić information content (AvgIpc) is 2.17. The Morgan fingerprint density at radius 2 is 2.27 bits per heavy atom. The summed E-state index contributed by atoms with van der Waals surface area (Å²) in [6.45, 7) is 0.471. The monoisotopic (exact) mass is 207 g/mol. The number of carbonyl (C=O) groups is 1. The number of carboxylic acids is 1. The third-order valence-electron chi connectivity index (χ3n) is 1.64. The summed E-state index contributed by atoms with van der Waals surface area (Å²) in [4.78, 5) is 10.6. The van der Waals surface area contributed by atoms with Crippen molar-refractivity contribution in [2.24, 2.45) is 0 Å². The number of carboxylic acid groups (broad SMARTS) is 1. The van der Waals surface area contributed by atoms with Crippen LogP contribution in [0.3, 0.4) is 0 Å². The fourth-order valence-corrected chi connectivity index (χ4v) is 1.02. The molecule has 0 bridgehead atoms. The standard InChI is InChI=1S/C11H10FNO2/c1-13-4-2-3-8-5-9(11(14)15)7-10(12)6-8/h5-7,13H,4H2,1H3,(H,14,15). The highest BCUT2D eigenvalue weighted by Gasteiger charge is 2.05. The summed E-state index contributed by atoms with van der Waals surface area (Å²) in [6, 6.07) is 3.51. The Labute approximate surface area is 86.9 Å². The molecule has 0 aliphatic carbocycles. The number of halogens is 1. The zero-order chi connectivity index (χ0) is 11.3. The van der Waals surface area contributed by atoms with E-state index in [0.29, 0.717) is 12.1 Å². The third kappa shape index (κ3) is 3.41. The predicted molar refractivity (Wildman–Crippen MR) is 54.2 cm³/mol. The van der Waals surface area contributed by atoms with E-state index < -0.39 is 11.8 Å². The van der Waals surface area contributed by atoms with E-state index in [1.165, 1.54) is 12.1 Å². The summed E-state index contributed by atoms with van der Waals surface area (Å²) in [7, 11) is 1.74. The first-order valence-electron chi connectivity index (χ1n) is 4.31. The van der Waals surface area contributed by atoms with E-state index in [4.69, 9.17) is 5.11 Å². The highest BCUT2D eigenvalue weighted by atomic mass is 19.1. The number of nitrogens with one attached hydrogen (secondary N) is 1. The van der Waals surface area contributed by atoms with E-state index >= 15 is 0 Å². The molecule has 0 spiro atoms. The highest BCUT2D eigenvalue weighted by Crippen LogP contribution is 2.08. The first-order chi connectivity index (χ1) is 7.13. The van der Waals surface area contributed by atoms with Crippen molar-refractivity contribution in [3.05, 3.63) is 35.1 Å². The molecule has 0 fully saturated rings. The molecule has 0 radical (unpaired) electrons. The van der Waals surface area contributed by atoms with Gasteiger partial charge in [0.05, 0.1) is 12.1 Å². The van der Waals surface area contributed by atoms with Gasteiger partial charge >= 0.3 is 5.97 Å². The molecule has 0 amide bonds. The van der Waals surface area contributed by atoms with E-state index in [1.807, 2.05) is 0 Å². The van der Waals surface area contributed by atoms with E-state index in [0.717, 1.165) is 6.07 Å². The van der Waals surface area contributed by atoms with Gasteiger partial charge in [-0.1, -0.05) is 11.8 Å². The number of hydrogen-bond donors (Lipinski definition) is 2. The second kappa shape index (κ2) is 5.13. The molecule has 0 saturated heterocycles. The molecule has 3 nitrogen and oxygen atoms in total. The van der Waals surface area contributed by atoms with Crippen LogP contribution in [0.5, 0.6) is 0 Å². The summed E-state index contributed by atoms with van der Waals surface area (Å²) in [5.41, 5.74) is 0.270. The van der Waals surface area contributed by atoms with Crippen molar-refractivity contribution in [3.63, 3.8) is 0 Å². The lowest BCUT2D eigenvalue weighted by atomic mass is 10.1. The first kappa shape index (κ1) is 11.2. The Kier molecular flexibility index (Phi) is 3.83. The summed E-state index contributed by atoms with van der Waals surface area (Å²) >= 11 is 0. The van der Waals surface area contributed by atoms with Gasteiger partial charge in [-0.15, -0.1) is 0 Å². The Morgan fingerprint density at radius 3 is 2.87 bits per heavy atom. The first-order valence-corrected chi connectivity index (χ1v) is 4.31. The van der Waals surface area contributed by atoms with Crippen LogP contribution in [0.2, 0.25) is 0 Å². The fraction of sp³-hybridized carbons (Fsp3) is 0.182. The molecule has 0 aliphatic heterocycles. The topological polar surface area (TPSA) is 49.3 Å². The minimum atomic E-state index is -1.16. The maximum atomic E-state index is 13.0. The second-order valence-corrected chi connectivity index (χ2v) is 2.87. The van der Waals surface area contributed by atoms with Crippen LogP contribution < -0.4 is 5.32 Å². The van der Waals surface area contributed by atoms with Gasteiger partial charge in [-0.3, -0.25) is 0 Å². The van der Waals surface area contributed by atoms with E-state index in [2.05, 4.69) is 17.2 Å². The summed E-state index contributed by atoms with van der Waals surface area (Å²) < 4.78 is 13.0. The molecule has 15 heavy (non-hydrogen) atoms. The molecule has 0 atom stereocenters. The summed E-state index contributed by atoms with van der Waals surface area (Å²) in [6.07, 6.45) is 0. The maximum absolute atomic E-state index is 13.0. The minimum Gasteiger partial charge on any atom is -0.478 e. The molecule has 0 aromatic heterocycles. The maximum Gasteiger partial charge on any atom is 0.335 e. The van der Waals surface area contributed by atoms with Crippen LogP contribution in [0.15, 0.2) is 18.2 Å². The quantitative estimate of drug-likeness (QED) is 0.714. The van der Waals surface area contributed by atoms with Crippen LogP contribution in [-0.4, -0.2) is 24.7 Å². The van der Waals surface area contributed by atoms with Crippen molar-refractivity contribution in [2.75, 3.05) is 13.6 Å². The SMILES string of the molecule is CNCC#Cc1cc(F)cc(C(=O)O)c1. The van der Waals surface area contributed by atoms with Crippen molar-refractivity contribution in [1.82, 2.24) is 5.32 Å². The van der Waals surface area contributed by atoms with Crippen LogP contribution in [-0.2, 0) is 0 Å². The van der Waals surface area contributed by atoms with Gasteiger partial charge in [0.25, 0.3) is 0 Å².